The van der Waals surface area contributed by atoms with E-state index in [0.717, 1.165) is 12.0 Å². The quantitative estimate of drug-likeness (QED) is 0.760. The van der Waals surface area contributed by atoms with Gasteiger partial charge in [-0.15, -0.1) is 0 Å². The summed E-state index contributed by atoms with van der Waals surface area (Å²) in [6.45, 7) is 4.78. The van der Waals surface area contributed by atoms with E-state index >= 15 is 0 Å². The predicted octanol–water partition coefficient (Wildman–Crippen LogP) is 1.46. The molecule has 0 saturated heterocycles. The molecule has 6 heteroatoms. The van der Waals surface area contributed by atoms with Crippen LogP contribution in [-0.4, -0.2) is 49.4 Å². The van der Waals surface area contributed by atoms with E-state index in [1.165, 1.54) is 0 Å². The van der Waals surface area contributed by atoms with E-state index in [9.17, 15) is 9.59 Å². The normalized spacial score (nSPS) is 10.8. The fraction of sp³-hybridized carbons (Fsp3) is 0.500. The first-order valence-corrected chi connectivity index (χ1v) is 7.73. The topological polar surface area (TPSA) is 61.4 Å². The molecule has 0 atom stereocenters. The molecule has 0 bridgehead atoms. The monoisotopic (exact) mass is 325 g/mol. The summed E-state index contributed by atoms with van der Waals surface area (Å²) in [5.41, 5.74) is 1.12. The van der Waals surface area contributed by atoms with Crippen LogP contribution in [0.1, 0.15) is 19.4 Å². The number of nitrogens with one attached hydrogen (secondary N) is 2. The predicted molar refractivity (Wildman–Crippen MR) is 88.9 cm³/mol. The van der Waals surface area contributed by atoms with Crippen molar-refractivity contribution in [2.24, 2.45) is 0 Å². The molecule has 5 nitrogen and oxygen atoms in total. The lowest BCUT2D eigenvalue weighted by Crippen LogP contribution is -2.42. The molecule has 1 aromatic carbocycles. The second-order valence-corrected chi connectivity index (χ2v) is 6.06. The van der Waals surface area contributed by atoms with Crippen molar-refractivity contribution in [1.29, 1.82) is 0 Å². The minimum atomic E-state index is -0.0891. The zero-order valence-electron chi connectivity index (χ0n) is 13.4. The van der Waals surface area contributed by atoms with Gasteiger partial charge in [0.1, 0.15) is 0 Å². The number of likely N-dealkylation sites (N-methyl/N-ethyl adjacent to an activating group) is 1. The van der Waals surface area contributed by atoms with Crippen LogP contribution in [-0.2, 0) is 16.0 Å². The third-order valence-electron chi connectivity index (χ3n) is 2.93. The minimum absolute atomic E-state index is 0.0773. The molecule has 0 aliphatic carbocycles. The van der Waals surface area contributed by atoms with Gasteiger partial charge in [-0.05, 0) is 45.0 Å². The Labute approximate surface area is 137 Å². The molecule has 0 aliphatic rings. The maximum atomic E-state index is 11.8. The SMILES string of the molecule is CC(C)NC(=O)CN(C)CC(=O)NCCc1ccc(Cl)cc1. The molecule has 22 heavy (non-hydrogen) atoms. The summed E-state index contributed by atoms with van der Waals surface area (Å²) < 4.78 is 0. The van der Waals surface area contributed by atoms with Gasteiger partial charge in [0.25, 0.3) is 0 Å². The molecule has 2 N–H and O–H groups in total. The van der Waals surface area contributed by atoms with E-state index in [1.54, 1.807) is 11.9 Å². The van der Waals surface area contributed by atoms with Crippen molar-refractivity contribution < 1.29 is 9.59 Å². The van der Waals surface area contributed by atoms with Gasteiger partial charge < -0.3 is 10.6 Å². The molecule has 0 heterocycles. The number of rotatable bonds is 8. The lowest BCUT2D eigenvalue weighted by Gasteiger charge is -2.17. The van der Waals surface area contributed by atoms with Gasteiger partial charge in [0.2, 0.25) is 11.8 Å². The standard InChI is InChI=1S/C16H24ClN3O2/c1-12(2)19-16(22)11-20(3)10-15(21)18-9-8-13-4-6-14(17)7-5-13/h4-7,12H,8-11H2,1-3H3,(H,18,21)(H,19,22). The number of carbonyl (C=O) groups excluding carboxylic acids is 2. The van der Waals surface area contributed by atoms with Crippen LogP contribution in [0.5, 0.6) is 0 Å². The number of halogens is 1. The van der Waals surface area contributed by atoms with Crippen molar-refractivity contribution in [1.82, 2.24) is 15.5 Å². The summed E-state index contributed by atoms with van der Waals surface area (Å²) in [4.78, 5) is 25.1. The smallest absolute Gasteiger partial charge is 0.234 e. The Kier molecular flexibility index (Phi) is 7.91. The first-order chi connectivity index (χ1) is 10.4. The zero-order valence-corrected chi connectivity index (χ0v) is 14.1. The van der Waals surface area contributed by atoms with Crippen molar-refractivity contribution in [3.05, 3.63) is 34.9 Å². The molecular formula is C16H24ClN3O2. The number of carbonyl (C=O) groups is 2. The number of hydrogen-bond acceptors (Lipinski definition) is 3. The van der Waals surface area contributed by atoms with Crippen molar-refractivity contribution in [2.45, 2.75) is 26.3 Å². The maximum Gasteiger partial charge on any atom is 0.234 e. The third kappa shape index (κ3) is 8.00. The van der Waals surface area contributed by atoms with E-state index in [0.29, 0.717) is 11.6 Å². The van der Waals surface area contributed by atoms with Crippen LogP contribution < -0.4 is 10.6 Å². The van der Waals surface area contributed by atoms with Gasteiger partial charge >= 0.3 is 0 Å². The molecule has 0 unspecified atom stereocenters. The number of benzene rings is 1. The summed E-state index contributed by atoms with van der Waals surface area (Å²) in [5.74, 6) is -0.166. The van der Waals surface area contributed by atoms with E-state index in [1.807, 2.05) is 38.1 Å². The van der Waals surface area contributed by atoms with E-state index in [2.05, 4.69) is 10.6 Å². The zero-order chi connectivity index (χ0) is 16.5. The highest BCUT2D eigenvalue weighted by Crippen LogP contribution is 2.09. The molecular weight excluding hydrogens is 302 g/mol. The Morgan fingerprint density at radius 2 is 1.73 bits per heavy atom. The van der Waals surface area contributed by atoms with Crippen LogP contribution >= 0.6 is 11.6 Å². The van der Waals surface area contributed by atoms with Gasteiger partial charge in [0.05, 0.1) is 13.1 Å². The summed E-state index contributed by atoms with van der Waals surface area (Å²) in [6.07, 6.45) is 0.750. The lowest BCUT2D eigenvalue weighted by atomic mass is 10.1. The third-order valence-corrected chi connectivity index (χ3v) is 3.18. The van der Waals surface area contributed by atoms with E-state index < -0.39 is 0 Å². The van der Waals surface area contributed by atoms with Crippen molar-refractivity contribution in [3.8, 4) is 0 Å². The fourth-order valence-corrected chi connectivity index (χ4v) is 2.09. The fourth-order valence-electron chi connectivity index (χ4n) is 1.97. The molecule has 1 rings (SSSR count). The van der Waals surface area contributed by atoms with Crippen LogP contribution in [0.2, 0.25) is 5.02 Å². The maximum absolute atomic E-state index is 11.8. The highest BCUT2D eigenvalue weighted by atomic mass is 35.5. The van der Waals surface area contributed by atoms with Gasteiger partial charge in [-0.1, -0.05) is 23.7 Å². The summed E-state index contributed by atoms with van der Waals surface area (Å²) in [7, 11) is 1.75. The van der Waals surface area contributed by atoms with Gasteiger partial charge in [-0.3, -0.25) is 14.5 Å². The van der Waals surface area contributed by atoms with E-state index in [-0.39, 0.29) is 30.9 Å². The summed E-state index contributed by atoms with van der Waals surface area (Å²) in [5, 5.41) is 6.34. The number of hydrogen-bond donors (Lipinski definition) is 2. The second-order valence-electron chi connectivity index (χ2n) is 5.62. The van der Waals surface area contributed by atoms with Gasteiger partial charge in [-0.25, -0.2) is 0 Å². The second kappa shape index (κ2) is 9.43. The first kappa shape index (κ1) is 18.5. The summed E-state index contributed by atoms with van der Waals surface area (Å²) >= 11 is 5.82. The molecule has 0 fully saturated rings. The highest BCUT2D eigenvalue weighted by Gasteiger charge is 2.10. The number of amides is 2. The highest BCUT2D eigenvalue weighted by molar-refractivity contribution is 6.30. The minimum Gasteiger partial charge on any atom is -0.355 e. The average molecular weight is 326 g/mol. The largest absolute Gasteiger partial charge is 0.355 e. The van der Waals surface area contributed by atoms with E-state index in [4.69, 9.17) is 11.6 Å². The molecule has 0 aliphatic heterocycles. The van der Waals surface area contributed by atoms with Crippen LogP contribution in [0, 0.1) is 0 Å². The molecule has 0 radical (unpaired) electrons. The van der Waals surface area contributed by atoms with Crippen LogP contribution in [0.15, 0.2) is 24.3 Å². The first-order valence-electron chi connectivity index (χ1n) is 7.36. The van der Waals surface area contributed by atoms with Gasteiger partial charge in [-0.2, -0.15) is 0 Å². The van der Waals surface area contributed by atoms with Gasteiger partial charge in [0.15, 0.2) is 0 Å². The van der Waals surface area contributed by atoms with Crippen LogP contribution in [0.4, 0.5) is 0 Å². The molecule has 2 amide bonds. The molecule has 122 valence electrons. The summed E-state index contributed by atoms with van der Waals surface area (Å²) in [6, 6.07) is 7.65. The Bertz CT molecular complexity index is 489. The molecule has 0 aromatic heterocycles. The lowest BCUT2D eigenvalue weighted by molar-refractivity contribution is -0.124. The molecule has 0 spiro atoms. The van der Waals surface area contributed by atoms with Crippen LogP contribution in [0.3, 0.4) is 0 Å². The van der Waals surface area contributed by atoms with Crippen LogP contribution in [0.25, 0.3) is 0 Å². The molecule has 0 saturated carbocycles. The average Bonchev–Trinajstić information content (AvgIpc) is 2.39. The van der Waals surface area contributed by atoms with Crippen molar-refractivity contribution in [2.75, 3.05) is 26.7 Å². The Morgan fingerprint density at radius 1 is 1.14 bits per heavy atom. The number of nitrogens with zero attached hydrogens (tertiary/aromatic N) is 1. The van der Waals surface area contributed by atoms with Gasteiger partial charge in [0, 0.05) is 17.6 Å². The Balaban J connectivity index is 2.22. The Hall–Kier alpha value is -1.59. The molecule has 1 aromatic rings. The Morgan fingerprint density at radius 3 is 2.32 bits per heavy atom. The van der Waals surface area contributed by atoms with Crippen molar-refractivity contribution in [3.63, 3.8) is 0 Å². The van der Waals surface area contributed by atoms with Crippen molar-refractivity contribution >= 4 is 23.4 Å².